The van der Waals surface area contributed by atoms with E-state index in [0.29, 0.717) is 5.92 Å². The predicted octanol–water partition coefficient (Wildman–Crippen LogP) is 4.60. The molecule has 1 aromatic carbocycles. The van der Waals surface area contributed by atoms with Crippen molar-refractivity contribution in [2.24, 2.45) is 0 Å². The lowest BCUT2D eigenvalue weighted by molar-refractivity contribution is 0.299. The normalized spacial score (nSPS) is 19.5. The zero-order chi connectivity index (χ0) is 13.6. The standard InChI is InChI=1S/C16H18ClNS/c1-10-5-4-6-12(11(10)2)14-8-18(3)9-15-13(14)7-16(17)19-15/h4-7,14H,8-9H2,1-3H3/t14-/m0/s1. The molecule has 0 radical (unpaired) electrons. The molecule has 0 fully saturated rings. The highest BCUT2D eigenvalue weighted by Gasteiger charge is 2.27. The average Bonchev–Trinajstić information content (AvgIpc) is 2.72. The molecule has 19 heavy (non-hydrogen) atoms. The van der Waals surface area contributed by atoms with Gasteiger partial charge in [-0.25, -0.2) is 0 Å². The van der Waals surface area contributed by atoms with Gasteiger partial charge >= 0.3 is 0 Å². The Hall–Kier alpha value is -0.830. The second-order valence-electron chi connectivity index (χ2n) is 5.47. The lowest BCUT2D eigenvalue weighted by atomic mass is 9.85. The number of thiophene rings is 1. The summed E-state index contributed by atoms with van der Waals surface area (Å²) < 4.78 is 0.913. The van der Waals surface area contributed by atoms with E-state index in [1.54, 1.807) is 11.3 Å². The van der Waals surface area contributed by atoms with E-state index in [4.69, 9.17) is 11.6 Å². The SMILES string of the molecule is Cc1cccc([C@@H]2CN(C)Cc3sc(Cl)cc32)c1C. The van der Waals surface area contributed by atoms with Crippen LogP contribution in [0.2, 0.25) is 4.34 Å². The van der Waals surface area contributed by atoms with Crippen LogP contribution in [0, 0.1) is 13.8 Å². The molecule has 0 N–H and O–H groups in total. The zero-order valence-electron chi connectivity index (χ0n) is 11.5. The molecular formula is C16H18ClNS. The molecule has 2 aromatic rings. The number of aryl methyl sites for hydroxylation is 1. The van der Waals surface area contributed by atoms with Gasteiger partial charge in [0.1, 0.15) is 0 Å². The summed E-state index contributed by atoms with van der Waals surface area (Å²) in [5, 5.41) is 0. The van der Waals surface area contributed by atoms with Crippen LogP contribution in [0.1, 0.15) is 33.0 Å². The Morgan fingerprint density at radius 1 is 1.26 bits per heavy atom. The second kappa shape index (κ2) is 4.93. The van der Waals surface area contributed by atoms with Crippen molar-refractivity contribution in [2.45, 2.75) is 26.3 Å². The first-order valence-electron chi connectivity index (χ1n) is 6.59. The molecule has 1 aromatic heterocycles. The molecule has 0 amide bonds. The number of likely N-dealkylation sites (N-methyl/N-ethyl adjacent to an activating group) is 1. The molecule has 0 unspecified atom stereocenters. The minimum absolute atomic E-state index is 0.456. The average molecular weight is 292 g/mol. The maximum Gasteiger partial charge on any atom is 0.0934 e. The van der Waals surface area contributed by atoms with E-state index in [1.807, 2.05) is 0 Å². The molecule has 2 heterocycles. The minimum Gasteiger partial charge on any atom is -0.300 e. The molecule has 1 aliphatic rings. The molecule has 100 valence electrons. The van der Waals surface area contributed by atoms with Gasteiger partial charge in [-0.05, 0) is 49.2 Å². The number of hydrogen-bond acceptors (Lipinski definition) is 2. The van der Waals surface area contributed by atoms with Crippen LogP contribution in [-0.4, -0.2) is 18.5 Å². The van der Waals surface area contributed by atoms with Gasteiger partial charge in [0.15, 0.2) is 0 Å². The van der Waals surface area contributed by atoms with E-state index >= 15 is 0 Å². The maximum atomic E-state index is 6.22. The molecule has 3 rings (SSSR count). The quantitative estimate of drug-likeness (QED) is 0.742. The van der Waals surface area contributed by atoms with Gasteiger partial charge in [-0.3, -0.25) is 0 Å². The fourth-order valence-corrected chi connectivity index (χ4v) is 4.39. The van der Waals surface area contributed by atoms with E-state index in [2.05, 4.69) is 50.1 Å². The summed E-state index contributed by atoms with van der Waals surface area (Å²) in [6, 6.07) is 8.79. The van der Waals surface area contributed by atoms with Crippen LogP contribution in [0.25, 0.3) is 0 Å². The molecular weight excluding hydrogens is 274 g/mol. The lowest BCUT2D eigenvalue weighted by Crippen LogP contribution is -2.30. The highest BCUT2D eigenvalue weighted by atomic mass is 35.5. The minimum atomic E-state index is 0.456. The Bertz CT molecular complexity index is 617. The maximum absolute atomic E-state index is 6.22. The molecule has 1 atom stereocenters. The van der Waals surface area contributed by atoms with Crippen molar-refractivity contribution < 1.29 is 0 Å². The Balaban J connectivity index is 2.12. The molecule has 0 aliphatic carbocycles. The molecule has 0 bridgehead atoms. The number of hydrogen-bond donors (Lipinski definition) is 0. The largest absolute Gasteiger partial charge is 0.300 e. The van der Waals surface area contributed by atoms with Crippen LogP contribution in [0.3, 0.4) is 0 Å². The van der Waals surface area contributed by atoms with Gasteiger partial charge in [-0.15, -0.1) is 11.3 Å². The Morgan fingerprint density at radius 2 is 2.05 bits per heavy atom. The predicted molar refractivity (Wildman–Crippen MR) is 83.4 cm³/mol. The van der Waals surface area contributed by atoms with Crippen LogP contribution in [-0.2, 0) is 6.54 Å². The molecule has 0 spiro atoms. The van der Waals surface area contributed by atoms with Crippen molar-refractivity contribution in [3.8, 4) is 0 Å². The monoisotopic (exact) mass is 291 g/mol. The van der Waals surface area contributed by atoms with Crippen molar-refractivity contribution in [1.29, 1.82) is 0 Å². The molecule has 3 heteroatoms. The van der Waals surface area contributed by atoms with E-state index in [-0.39, 0.29) is 0 Å². The topological polar surface area (TPSA) is 3.24 Å². The molecule has 1 aliphatic heterocycles. The first-order valence-corrected chi connectivity index (χ1v) is 7.78. The van der Waals surface area contributed by atoms with Crippen molar-refractivity contribution in [3.63, 3.8) is 0 Å². The first kappa shape index (κ1) is 13.2. The number of fused-ring (bicyclic) bond motifs is 1. The van der Waals surface area contributed by atoms with Gasteiger partial charge in [-0.2, -0.15) is 0 Å². The van der Waals surface area contributed by atoms with Crippen molar-refractivity contribution in [2.75, 3.05) is 13.6 Å². The van der Waals surface area contributed by atoms with Gasteiger partial charge in [0.25, 0.3) is 0 Å². The van der Waals surface area contributed by atoms with E-state index in [1.165, 1.54) is 27.1 Å². The molecule has 0 saturated heterocycles. The summed E-state index contributed by atoms with van der Waals surface area (Å²) in [4.78, 5) is 3.81. The fourth-order valence-electron chi connectivity index (χ4n) is 2.96. The van der Waals surface area contributed by atoms with Crippen LogP contribution < -0.4 is 0 Å². The number of nitrogens with zero attached hydrogens (tertiary/aromatic N) is 1. The highest BCUT2D eigenvalue weighted by Crippen LogP contribution is 2.40. The summed E-state index contributed by atoms with van der Waals surface area (Å²) in [7, 11) is 2.19. The van der Waals surface area contributed by atoms with Gasteiger partial charge in [0, 0.05) is 23.9 Å². The van der Waals surface area contributed by atoms with E-state index < -0.39 is 0 Å². The van der Waals surface area contributed by atoms with Gasteiger partial charge in [-0.1, -0.05) is 29.8 Å². The van der Waals surface area contributed by atoms with Gasteiger partial charge in [0.05, 0.1) is 4.34 Å². The van der Waals surface area contributed by atoms with Crippen LogP contribution in [0.5, 0.6) is 0 Å². The Kier molecular flexibility index (Phi) is 3.42. The van der Waals surface area contributed by atoms with E-state index in [0.717, 1.165) is 17.4 Å². The number of halogens is 1. The summed E-state index contributed by atoms with van der Waals surface area (Å²) >= 11 is 7.95. The van der Waals surface area contributed by atoms with Crippen molar-refractivity contribution in [3.05, 3.63) is 55.7 Å². The molecule has 0 saturated carbocycles. The summed E-state index contributed by atoms with van der Waals surface area (Å²) in [5.74, 6) is 0.456. The van der Waals surface area contributed by atoms with E-state index in [9.17, 15) is 0 Å². The number of benzene rings is 1. The smallest absolute Gasteiger partial charge is 0.0934 e. The van der Waals surface area contributed by atoms with Gasteiger partial charge in [0.2, 0.25) is 0 Å². The summed E-state index contributed by atoms with van der Waals surface area (Å²) in [6.45, 7) is 6.51. The van der Waals surface area contributed by atoms with Crippen molar-refractivity contribution >= 4 is 22.9 Å². The third-order valence-corrected chi connectivity index (χ3v) is 5.38. The van der Waals surface area contributed by atoms with Crippen LogP contribution in [0.15, 0.2) is 24.3 Å². The second-order valence-corrected chi connectivity index (χ2v) is 7.24. The molecule has 1 nitrogen and oxygen atoms in total. The first-order chi connectivity index (χ1) is 9.06. The summed E-state index contributed by atoms with van der Waals surface area (Å²) in [5.41, 5.74) is 5.66. The summed E-state index contributed by atoms with van der Waals surface area (Å²) in [6.07, 6.45) is 0. The Labute approximate surface area is 123 Å². The highest BCUT2D eigenvalue weighted by molar-refractivity contribution is 7.16. The third kappa shape index (κ3) is 2.33. The lowest BCUT2D eigenvalue weighted by Gasteiger charge is -2.31. The van der Waals surface area contributed by atoms with Crippen molar-refractivity contribution in [1.82, 2.24) is 4.90 Å². The third-order valence-electron chi connectivity index (χ3n) is 4.12. The van der Waals surface area contributed by atoms with Gasteiger partial charge < -0.3 is 4.90 Å². The van der Waals surface area contributed by atoms with Crippen LogP contribution in [0.4, 0.5) is 0 Å². The zero-order valence-corrected chi connectivity index (χ0v) is 13.1. The van der Waals surface area contributed by atoms with Crippen LogP contribution >= 0.6 is 22.9 Å². The fraction of sp³-hybridized carbons (Fsp3) is 0.375. The Morgan fingerprint density at radius 3 is 2.84 bits per heavy atom. The number of rotatable bonds is 1.